The Morgan fingerprint density at radius 1 is 0.897 bits per heavy atom. The van der Waals surface area contributed by atoms with Gasteiger partial charge >= 0.3 is 24.1 Å². The predicted molar refractivity (Wildman–Crippen MR) is 105 cm³/mol. The standard InChI is InChI=1S/C20H35NO8/c1-9-10-13-27-16(23)14(11-12-15(22)26-8)21(17(24)28-19(2,3)4)18(25)29-20(5,6)7/h14H,9-13H2,1-8H3/t14-/m0/s1. The molecule has 0 heterocycles. The maximum Gasteiger partial charge on any atom is 0.420 e. The van der Waals surface area contributed by atoms with Crippen molar-refractivity contribution in [2.24, 2.45) is 0 Å². The highest BCUT2D eigenvalue weighted by Gasteiger charge is 2.41. The minimum absolute atomic E-state index is 0.126. The van der Waals surface area contributed by atoms with Crippen molar-refractivity contribution < 1.29 is 38.1 Å². The first-order chi connectivity index (χ1) is 13.2. The molecule has 0 aromatic heterocycles. The fourth-order valence-electron chi connectivity index (χ4n) is 2.07. The Labute approximate surface area is 173 Å². The molecule has 0 aromatic rings. The van der Waals surface area contributed by atoms with Crippen LogP contribution in [0.2, 0.25) is 0 Å². The highest BCUT2D eigenvalue weighted by Crippen LogP contribution is 2.20. The smallest absolute Gasteiger partial charge is 0.420 e. The lowest BCUT2D eigenvalue weighted by atomic mass is 10.1. The third-order valence-corrected chi connectivity index (χ3v) is 3.36. The van der Waals surface area contributed by atoms with Crippen molar-refractivity contribution in [2.75, 3.05) is 13.7 Å². The summed E-state index contributed by atoms with van der Waals surface area (Å²) in [6.07, 6.45) is -1.10. The number of rotatable bonds is 8. The van der Waals surface area contributed by atoms with Crippen molar-refractivity contribution in [3.05, 3.63) is 0 Å². The molecule has 0 rings (SSSR count). The first kappa shape index (κ1) is 26.7. The van der Waals surface area contributed by atoms with E-state index in [-0.39, 0.29) is 19.4 Å². The Kier molecular flexibility index (Phi) is 10.7. The predicted octanol–water partition coefficient (Wildman–Crippen LogP) is 3.82. The number of carbonyl (C=O) groups is 4. The number of imide groups is 1. The number of hydrogen-bond acceptors (Lipinski definition) is 8. The Morgan fingerprint density at radius 3 is 1.76 bits per heavy atom. The van der Waals surface area contributed by atoms with E-state index >= 15 is 0 Å². The van der Waals surface area contributed by atoms with Crippen LogP contribution >= 0.6 is 0 Å². The van der Waals surface area contributed by atoms with Crippen LogP contribution in [0.25, 0.3) is 0 Å². The second kappa shape index (κ2) is 11.6. The Morgan fingerprint density at radius 2 is 1.38 bits per heavy atom. The molecule has 0 spiro atoms. The zero-order chi connectivity index (χ0) is 22.8. The number of carbonyl (C=O) groups excluding carboxylic acids is 4. The van der Waals surface area contributed by atoms with Crippen molar-refractivity contribution >= 4 is 24.1 Å². The van der Waals surface area contributed by atoms with Gasteiger partial charge in [-0.1, -0.05) is 13.3 Å². The van der Waals surface area contributed by atoms with Crippen LogP contribution in [0.1, 0.15) is 74.1 Å². The summed E-state index contributed by atoms with van der Waals surface area (Å²) >= 11 is 0. The van der Waals surface area contributed by atoms with E-state index in [1.807, 2.05) is 6.92 Å². The van der Waals surface area contributed by atoms with Crippen LogP contribution in [-0.4, -0.2) is 60.0 Å². The van der Waals surface area contributed by atoms with Crippen LogP contribution in [-0.2, 0) is 28.5 Å². The third-order valence-electron chi connectivity index (χ3n) is 3.36. The maximum absolute atomic E-state index is 12.8. The summed E-state index contributed by atoms with van der Waals surface area (Å²) in [5.74, 6) is -1.41. The second-order valence-electron chi connectivity index (χ2n) is 8.48. The van der Waals surface area contributed by atoms with Gasteiger partial charge in [0, 0.05) is 6.42 Å². The van der Waals surface area contributed by atoms with Crippen molar-refractivity contribution in [2.45, 2.75) is 91.4 Å². The molecule has 168 valence electrons. The van der Waals surface area contributed by atoms with E-state index in [1.165, 1.54) is 7.11 Å². The Balaban J connectivity index is 5.86. The van der Waals surface area contributed by atoms with Gasteiger partial charge in [-0.2, -0.15) is 4.90 Å². The van der Waals surface area contributed by atoms with Gasteiger partial charge in [-0.3, -0.25) is 4.79 Å². The molecule has 29 heavy (non-hydrogen) atoms. The molecule has 0 aliphatic heterocycles. The van der Waals surface area contributed by atoms with Gasteiger partial charge in [-0.25, -0.2) is 14.4 Å². The quantitative estimate of drug-likeness (QED) is 0.333. The van der Waals surface area contributed by atoms with Crippen LogP contribution in [0.15, 0.2) is 0 Å². The molecule has 0 bridgehead atoms. The maximum atomic E-state index is 12.8. The molecule has 0 aliphatic rings. The number of amides is 2. The van der Waals surface area contributed by atoms with Gasteiger partial charge in [0.05, 0.1) is 13.7 Å². The molecule has 0 radical (unpaired) electrons. The normalized spacial score (nSPS) is 12.6. The van der Waals surface area contributed by atoms with Gasteiger partial charge in [0.2, 0.25) is 0 Å². The zero-order valence-corrected chi connectivity index (χ0v) is 18.8. The van der Waals surface area contributed by atoms with E-state index < -0.39 is 41.4 Å². The second-order valence-corrected chi connectivity index (χ2v) is 8.48. The van der Waals surface area contributed by atoms with Crippen LogP contribution in [0, 0.1) is 0 Å². The van der Waals surface area contributed by atoms with Crippen molar-refractivity contribution in [1.29, 1.82) is 0 Å². The number of ether oxygens (including phenoxy) is 4. The van der Waals surface area contributed by atoms with Crippen LogP contribution in [0.3, 0.4) is 0 Å². The number of unbranched alkanes of at least 4 members (excludes halogenated alkanes) is 1. The van der Waals surface area contributed by atoms with Crippen molar-refractivity contribution in [3.63, 3.8) is 0 Å². The minimum atomic E-state index is -1.39. The molecule has 0 aliphatic carbocycles. The van der Waals surface area contributed by atoms with Crippen molar-refractivity contribution in [3.8, 4) is 0 Å². The SMILES string of the molecule is CCCCOC(=O)[C@H](CCC(=O)OC)N(C(=O)OC(C)(C)C)C(=O)OC(C)(C)C. The van der Waals surface area contributed by atoms with Crippen molar-refractivity contribution in [1.82, 2.24) is 4.90 Å². The first-order valence-electron chi connectivity index (χ1n) is 9.70. The average Bonchev–Trinajstić information content (AvgIpc) is 2.54. The van der Waals surface area contributed by atoms with E-state index in [9.17, 15) is 19.2 Å². The summed E-state index contributed by atoms with van der Waals surface area (Å²) in [6, 6.07) is -1.39. The largest absolute Gasteiger partial charge is 0.469 e. The molecule has 0 saturated carbocycles. The fourth-order valence-corrected chi connectivity index (χ4v) is 2.07. The molecular weight excluding hydrogens is 382 g/mol. The van der Waals surface area contributed by atoms with Crippen LogP contribution < -0.4 is 0 Å². The minimum Gasteiger partial charge on any atom is -0.469 e. The van der Waals surface area contributed by atoms with Gasteiger partial charge in [0.1, 0.15) is 17.2 Å². The summed E-state index contributed by atoms with van der Waals surface area (Å²) in [5, 5.41) is 0. The third kappa shape index (κ3) is 11.3. The molecule has 0 saturated heterocycles. The first-order valence-corrected chi connectivity index (χ1v) is 9.70. The molecular formula is C20H35NO8. The van der Waals surface area contributed by atoms with E-state index in [0.717, 1.165) is 6.42 Å². The molecule has 0 unspecified atom stereocenters. The van der Waals surface area contributed by atoms with E-state index in [4.69, 9.17) is 14.2 Å². The molecule has 0 N–H and O–H groups in total. The van der Waals surface area contributed by atoms with Gasteiger partial charge in [0.15, 0.2) is 0 Å². The highest BCUT2D eigenvalue weighted by atomic mass is 16.6. The Hall–Kier alpha value is -2.32. The highest BCUT2D eigenvalue weighted by molar-refractivity contribution is 5.94. The number of nitrogens with zero attached hydrogens (tertiary/aromatic N) is 1. The van der Waals surface area contributed by atoms with Crippen LogP contribution in [0.5, 0.6) is 0 Å². The monoisotopic (exact) mass is 417 g/mol. The lowest BCUT2D eigenvalue weighted by molar-refractivity contribution is -0.151. The molecule has 9 nitrogen and oxygen atoms in total. The molecule has 0 fully saturated rings. The van der Waals surface area contributed by atoms with Gasteiger partial charge in [-0.15, -0.1) is 0 Å². The summed E-state index contributed by atoms with van der Waals surface area (Å²) in [4.78, 5) is 50.4. The van der Waals surface area contributed by atoms with Gasteiger partial charge in [0.25, 0.3) is 0 Å². The summed E-state index contributed by atoms with van der Waals surface area (Å²) in [6.45, 7) is 11.8. The zero-order valence-electron chi connectivity index (χ0n) is 18.8. The van der Waals surface area contributed by atoms with E-state index in [2.05, 4.69) is 4.74 Å². The molecule has 9 heteroatoms. The molecule has 1 atom stereocenters. The van der Waals surface area contributed by atoms with E-state index in [1.54, 1.807) is 41.5 Å². The number of hydrogen-bond donors (Lipinski definition) is 0. The van der Waals surface area contributed by atoms with E-state index in [0.29, 0.717) is 11.3 Å². The molecule has 0 aromatic carbocycles. The summed E-state index contributed by atoms with van der Waals surface area (Å²) in [5.41, 5.74) is -1.84. The average molecular weight is 417 g/mol. The number of esters is 2. The molecule has 2 amide bonds. The Bertz CT molecular complexity index is 546. The lowest BCUT2D eigenvalue weighted by Gasteiger charge is -2.32. The lowest BCUT2D eigenvalue weighted by Crippen LogP contribution is -2.52. The van der Waals surface area contributed by atoms with Gasteiger partial charge < -0.3 is 18.9 Å². The summed E-state index contributed by atoms with van der Waals surface area (Å²) in [7, 11) is 1.20. The fraction of sp³-hybridized carbons (Fsp3) is 0.800. The van der Waals surface area contributed by atoms with Gasteiger partial charge in [-0.05, 0) is 54.4 Å². The van der Waals surface area contributed by atoms with Crippen LogP contribution in [0.4, 0.5) is 9.59 Å². The summed E-state index contributed by atoms with van der Waals surface area (Å²) < 4.78 is 20.4. The topological polar surface area (TPSA) is 108 Å². The number of methoxy groups -OCH3 is 1.